The molecule has 1 N–H and O–H groups in total. The summed E-state index contributed by atoms with van der Waals surface area (Å²) in [5, 5.41) is 3.69. The standard InChI is InChI=1S/C22H29NO3/c1-16(13-17-9-10-20(24-2)21(14-17)25-3)23-15-19-11-12-26-22(19)18-7-5-4-6-8-18/h4-10,14,16,19,22-23H,11-13,15H2,1-3H3/t16-,19-,22-/m1/s1. The van der Waals surface area contributed by atoms with E-state index in [1.165, 1.54) is 11.1 Å². The fourth-order valence-electron chi connectivity index (χ4n) is 3.64. The molecule has 140 valence electrons. The van der Waals surface area contributed by atoms with Crippen molar-refractivity contribution in [2.45, 2.75) is 31.9 Å². The van der Waals surface area contributed by atoms with Crippen molar-refractivity contribution in [1.82, 2.24) is 5.32 Å². The molecule has 0 aromatic heterocycles. The summed E-state index contributed by atoms with van der Waals surface area (Å²) in [5.41, 5.74) is 2.52. The van der Waals surface area contributed by atoms with Crippen LogP contribution < -0.4 is 14.8 Å². The van der Waals surface area contributed by atoms with Crippen molar-refractivity contribution in [1.29, 1.82) is 0 Å². The lowest BCUT2D eigenvalue weighted by molar-refractivity contribution is 0.0899. The first-order valence-corrected chi connectivity index (χ1v) is 9.32. The summed E-state index contributed by atoms with van der Waals surface area (Å²) in [6.45, 7) is 4.04. The zero-order valence-corrected chi connectivity index (χ0v) is 15.9. The van der Waals surface area contributed by atoms with Crippen LogP contribution in [0.2, 0.25) is 0 Å². The van der Waals surface area contributed by atoms with Crippen LogP contribution in [0.5, 0.6) is 11.5 Å². The first-order valence-electron chi connectivity index (χ1n) is 9.32. The summed E-state index contributed by atoms with van der Waals surface area (Å²) in [7, 11) is 3.33. The van der Waals surface area contributed by atoms with E-state index in [0.717, 1.165) is 37.5 Å². The van der Waals surface area contributed by atoms with Gasteiger partial charge in [-0.2, -0.15) is 0 Å². The minimum atomic E-state index is 0.206. The molecule has 0 amide bonds. The van der Waals surface area contributed by atoms with Crippen molar-refractivity contribution in [3.63, 3.8) is 0 Å². The van der Waals surface area contributed by atoms with E-state index >= 15 is 0 Å². The Hall–Kier alpha value is -2.04. The lowest BCUT2D eigenvalue weighted by atomic mass is 9.95. The highest BCUT2D eigenvalue weighted by Gasteiger charge is 2.29. The minimum absolute atomic E-state index is 0.206. The Balaban J connectivity index is 1.54. The highest BCUT2D eigenvalue weighted by molar-refractivity contribution is 5.43. The quantitative estimate of drug-likeness (QED) is 0.777. The van der Waals surface area contributed by atoms with E-state index in [0.29, 0.717) is 12.0 Å². The Morgan fingerprint density at radius 2 is 1.85 bits per heavy atom. The normalized spacial score (nSPS) is 20.7. The summed E-state index contributed by atoms with van der Waals surface area (Å²) < 4.78 is 16.7. The van der Waals surface area contributed by atoms with Crippen molar-refractivity contribution in [3.8, 4) is 11.5 Å². The summed E-state index contributed by atoms with van der Waals surface area (Å²) in [6, 6.07) is 17.1. The number of rotatable bonds is 8. The SMILES string of the molecule is COc1ccc(C[C@@H](C)NC[C@H]2CCO[C@@H]2c2ccccc2)cc1OC. The van der Waals surface area contributed by atoms with Crippen LogP contribution in [-0.4, -0.2) is 33.4 Å². The van der Waals surface area contributed by atoms with Gasteiger partial charge in [0.05, 0.1) is 20.3 Å². The number of hydrogen-bond donors (Lipinski definition) is 1. The monoisotopic (exact) mass is 355 g/mol. The molecule has 2 aromatic rings. The molecule has 3 rings (SSSR count). The van der Waals surface area contributed by atoms with Gasteiger partial charge in [0.15, 0.2) is 11.5 Å². The number of benzene rings is 2. The molecular formula is C22H29NO3. The van der Waals surface area contributed by atoms with Crippen molar-refractivity contribution < 1.29 is 14.2 Å². The van der Waals surface area contributed by atoms with Gasteiger partial charge in [-0.1, -0.05) is 36.4 Å². The first kappa shape index (κ1) is 18.7. The maximum absolute atomic E-state index is 5.99. The molecule has 0 aliphatic carbocycles. The predicted molar refractivity (Wildman–Crippen MR) is 104 cm³/mol. The third-order valence-corrected chi connectivity index (χ3v) is 5.06. The van der Waals surface area contributed by atoms with Gasteiger partial charge in [0.1, 0.15) is 0 Å². The number of hydrogen-bond acceptors (Lipinski definition) is 4. The van der Waals surface area contributed by atoms with Crippen LogP contribution in [0, 0.1) is 5.92 Å². The molecule has 1 aliphatic rings. The zero-order valence-electron chi connectivity index (χ0n) is 15.9. The second kappa shape index (κ2) is 9.06. The van der Waals surface area contributed by atoms with E-state index in [1.54, 1.807) is 14.2 Å². The van der Waals surface area contributed by atoms with Gasteiger partial charge in [0.2, 0.25) is 0 Å². The molecule has 1 heterocycles. The second-order valence-electron chi connectivity index (χ2n) is 6.95. The van der Waals surface area contributed by atoms with Gasteiger partial charge in [-0.25, -0.2) is 0 Å². The fourth-order valence-corrected chi connectivity index (χ4v) is 3.64. The topological polar surface area (TPSA) is 39.7 Å². The molecule has 4 nitrogen and oxygen atoms in total. The van der Waals surface area contributed by atoms with Crippen molar-refractivity contribution in [3.05, 3.63) is 59.7 Å². The number of nitrogens with one attached hydrogen (secondary N) is 1. The highest BCUT2D eigenvalue weighted by atomic mass is 16.5. The van der Waals surface area contributed by atoms with E-state index in [1.807, 2.05) is 6.07 Å². The number of methoxy groups -OCH3 is 2. The Bertz CT molecular complexity index is 689. The first-order chi connectivity index (χ1) is 12.7. The van der Waals surface area contributed by atoms with Crippen LogP contribution in [0.4, 0.5) is 0 Å². The molecule has 2 aromatic carbocycles. The Labute approximate surface area is 156 Å². The van der Waals surface area contributed by atoms with Crippen LogP contribution in [0.15, 0.2) is 48.5 Å². The highest BCUT2D eigenvalue weighted by Crippen LogP contribution is 2.34. The molecule has 0 radical (unpaired) electrons. The lowest BCUT2D eigenvalue weighted by Gasteiger charge is -2.22. The molecule has 0 saturated carbocycles. The second-order valence-corrected chi connectivity index (χ2v) is 6.95. The van der Waals surface area contributed by atoms with Gasteiger partial charge >= 0.3 is 0 Å². The van der Waals surface area contributed by atoms with Crippen molar-refractivity contribution >= 4 is 0 Å². The summed E-state index contributed by atoms with van der Waals surface area (Å²) in [6.07, 6.45) is 2.26. The van der Waals surface area contributed by atoms with Gasteiger partial charge in [-0.3, -0.25) is 0 Å². The molecule has 1 saturated heterocycles. The molecule has 3 atom stereocenters. The van der Waals surface area contributed by atoms with Crippen LogP contribution >= 0.6 is 0 Å². The third-order valence-electron chi connectivity index (χ3n) is 5.06. The average molecular weight is 355 g/mol. The summed E-state index contributed by atoms with van der Waals surface area (Å²) >= 11 is 0. The zero-order chi connectivity index (χ0) is 18.4. The summed E-state index contributed by atoms with van der Waals surface area (Å²) in [5.74, 6) is 2.07. The van der Waals surface area contributed by atoms with Gasteiger partial charge in [-0.05, 0) is 43.0 Å². The molecule has 26 heavy (non-hydrogen) atoms. The van der Waals surface area contributed by atoms with E-state index < -0.39 is 0 Å². The average Bonchev–Trinajstić information content (AvgIpc) is 3.15. The van der Waals surface area contributed by atoms with Crippen molar-refractivity contribution in [2.24, 2.45) is 5.92 Å². The molecule has 0 unspecified atom stereocenters. The van der Waals surface area contributed by atoms with Gasteiger partial charge < -0.3 is 19.5 Å². The molecule has 1 aliphatic heterocycles. The van der Waals surface area contributed by atoms with Crippen molar-refractivity contribution in [2.75, 3.05) is 27.4 Å². The third kappa shape index (κ3) is 4.57. The maximum atomic E-state index is 5.99. The van der Waals surface area contributed by atoms with E-state index in [-0.39, 0.29) is 6.10 Å². The smallest absolute Gasteiger partial charge is 0.160 e. The van der Waals surface area contributed by atoms with Crippen LogP contribution in [0.3, 0.4) is 0 Å². The Morgan fingerprint density at radius 1 is 1.08 bits per heavy atom. The van der Waals surface area contributed by atoms with E-state index in [9.17, 15) is 0 Å². The van der Waals surface area contributed by atoms with Crippen LogP contribution in [0.25, 0.3) is 0 Å². The Morgan fingerprint density at radius 3 is 2.58 bits per heavy atom. The molecule has 0 spiro atoms. The molecule has 1 fully saturated rings. The lowest BCUT2D eigenvalue weighted by Crippen LogP contribution is -2.33. The molecular weight excluding hydrogens is 326 g/mol. The minimum Gasteiger partial charge on any atom is -0.493 e. The largest absolute Gasteiger partial charge is 0.493 e. The van der Waals surface area contributed by atoms with Crippen LogP contribution in [-0.2, 0) is 11.2 Å². The van der Waals surface area contributed by atoms with Gasteiger partial charge in [0.25, 0.3) is 0 Å². The van der Waals surface area contributed by atoms with E-state index in [2.05, 4.69) is 54.7 Å². The maximum Gasteiger partial charge on any atom is 0.160 e. The van der Waals surface area contributed by atoms with Gasteiger partial charge in [0, 0.05) is 25.1 Å². The predicted octanol–water partition coefficient (Wildman–Crippen LogP) is 4.00. The van der Waals surface area contributed by atoms with E-state index in [4.69, 9.17) is 14.2 Å². The fraction of sp³-hybridized carbons (Fsp3) is 0.455. The number of ether oxygens (including phenoxy) is 3. The molecule has 0 bridgehead atoms. The van der Waals surface area contributed by atoms with Gasteiger partial charge in [-0.15, -0.1) is 0 Å². The van der Waals surface area contributed by atoms with Crippen LogP contribution in [0.1, 0.15) is 30.6 Å². The summed E-state index contributed by atoms with van der Waals surface area (Å²) in [4.78, 5) is 0. The molecule has 4 heteroatoms. The Kier molecular flexibility index (Phi) is 6.53.